The third-order valence-corrected chi connectivity index (χ3v) is 2.87. The van der Waals surface area contributed by atoms with Gasteiger partial charge in [-0.2, -0.15) is 0 Å². The minimum absolute atomic E-state index is 0.242. The quantitative estimate of drug-likeness (QED) is 0.686. The first-order valence-electron chi connectivity index (χ1n) is 5.62. The Labute approximate surface area is 96.0 Å². The Hall–Kier alpha value is -1.69. The highest BCUT2D eigenvalue weighted by Crippen LogP contribution is 2.07. The molecule has 1 saturated heterocycles. The minimum Gasteiger partial charge on any atom is -0.340 e. The number of aryl methyl sites for hydroxylation is 1. The topological polar surface area (TPSA) is 25.2 Å². The van der Waals surface area contributed by atoms with E-state index in [2.05, 4.69) is 29.4 Å². The molecule has 0 radical (unpaired) electrons. The lowest BCUT2D eigenvalue weighted by atomic mass is 10.4. The summed E-state index contributed by atoms with van der Waals surface area (Å²) in [5.41, 5.74) is 1.21. The molecule has 0 aliphatic carbocycles. The van der Waals surface area contributed by atoms with Gasteiger partial charge in [-0.1, -0.05) is 11.8 Å². The Morgan fingerprint density at radius 2 is 2.19 bits per heavy atom. The molecule has 3 heteroatoms. The van der Waals surface area contributed by atoms with Crippen LogP contribution in [-0.4, -0.2) is 28.5 Å². The van der Waals surface area contributed by atoms with Gasteiger partial charge in [-0.15, -0.1) is 0 Å². The molecule has 1 aromatic rings. The van der Waals surface area contributed by atoms with Gasteiger partial charge in [0, 0.05) is 24.9 Å². The van der Waals surface area contributed by atoms with Crippen molar-refractivity contribution >= 4 is 5.91 Å². The molecule has 1 aromatic heterocycles. The average Bonchev–Trinajstić information content (AvgIpc) is 2.84. The van der Waals surface area contributed by atoms with Crippen LogP contribution in [0.2, 0.25) is 0 Å². The van der Waals surface area contributed by atoms with Crippen molar-refractivity contribution in [3.63, 3.8) is 0 Å². The summed E-state index contributed by atoms with van der Waals surface area (Å²) in [5, 5.41) is 0. The van der Waals surface area contributed by atoms with Crippen molar-refractivity contribution in [1.82, 2.24) is 9.47 Å². The average molecular weight is 216 g/mol. The van der Waals surface area contributed by atoms with Crippen LogP contribution in [0.15, 0.2) is 18.3 Å². The number of amides is 1. The van der Waals surface area contributed by atoms with E-state index < -0.39 is 0 Å². The van der Waals surface area contributed by atoms with E-state index in [-0.39, 0.29) is 5.91 Å². The number of aromatic nitrogens is 1. The maximum absolute atomic E-state index is 11.3. The Morgan fingerprint density at radius 3 is 2.81 bits per heavy atom. The zero-order valence-corrected chi connectivity index (χ0v) is 9.57. The molecule has 0 unspecified atom stereocenters. The Bertz CT molecular complexity index is 436. The molecular weight excluding hydrogens is 200 g/mol. The lowest BCUT2D eigenvalue weighted by molar-refractivity contribution is -0.127. The fraction of sp³-hybridized carbons (Fsp3) is 0.462. The van der Waals surface area contributed by atoms with Gasteiger partial charge in [-0.05, 0) is 25.5 Å². The van der Waals surface area contributed by atoms with E-state index in [1.165, 1.54) is 5.69 Å². The van der Waals surface area contributed by atoms with Crippen molar-refractivity contribution in [2.45, 2.75) is 26.3 Å². The molecule has 0 bridgehead atoms. The summed E-state index contributed by atoms with van der Waals surface area (Å²) >= 11 is 0. The van der Waals surface area contributed by atoms with E-state index >= 15 is 0 Å². The first-order chi connectivity index (χ1) is 7.77. The fourth-order valence-corrected chi connectivity index (χ4v) is 1.84. The van der Waals surface area contributed by atoms with Gasteiger partial charge in [-0.25, -0.2) is 0 Å². The predicted molar refractivity (Wildman–Crippen MR) is 62.8 cm³/mol. The summed E-state index contributed by atoms with van der Waals surface area (Å²) in [7, 11) is 0. The summed E-state index contributed by atoms with van der Waals surface area (Å²) in [5.74, 6) is 6.39. The van der Waals surface area contributed by atoms with Gasteiger partial charge >= 0.3 is 0 Å². The van der Waals surface area contributed by atoms with E-state index in [0.29, 0.717) is 19.5 Å². The van der Waals surface area contributed by atoms with Crippen LogP contribution < -0.4 is 0 Å². The van der Waals surface area contributed by atoms with Gasteiger partial charge in [-0.3, -0.25) is 4.79 Å². The highest BCUT2D eigenvalue weighted by molar-refractivity contribution is 5.78. The second-order valence-electron chi connectivity index (χ2n) is 4.05. The van der Waals surface area contributed by atoms with Crippen molar-refractivity contribution in [3.05, 3.63) is 24.0 Å². The lowest BCUT2D eigenvalue weighted by Crippen LogP contribution is -2.24. The number of hydrogen-bond acceptors (Lipinski definition) is 1. The summed E-state index contributed by atoms with van der Waals surface area (Å²) in [6.45, 7) is 4.22. The van der Waals surface area contributed by atoms with E-state index in [4.69, 9.17) is 0 Å². The number of nitrogens with zero attached hydrogens (tertiary/aromatic N) is 2. The van der Waals surface area contributed by atoms with Crippen LogP contribution >= 0.6 is 0 Å². The first-order valence-corrected chi connectivity index (χ1v) is 5.62. The fourth-order valence-electron chi connectivity index (χ4n) is 1.84. The molecule has 1 fully saturated rings. The molecule has 2 rings (SSSR count). The van der Waals surface area contributed by atoms with Crippen LogP contribution in [0, 0.1) is 18.8 Å². The molecule has 16 heavy (non-hydrogen) atoms. The molecule has 0 aromatic carbocycles. The van der Waals surface area contributed by atoms with Crippen LogP contribution in [0.4, 0.5) is 0 Å². The van der Waals surface area contributed by atoms with Crippen molar-refractivity contribution in [3.8, 4) is 11.8 Å². The smallest absolute Gasteiger partial charge is 0.223 e. The van der Waals surface area contributed by atoms with E-state index in [9.17, 15) is 4.79 Å². The normalized spacial score (nSPS) is 15.1. The van der Waals surface area contributed by atoms with Gasteiger partial charge < -0.3 is 9.47 Å². The molecule has 2 heterocycles. The minimum atomic E-state index is 0.242. The molecule has 1 aliphatic rings. The van der Waals surface area contributed by atoms with E-state index in [0.717, 1.165) is 13.0 Å². The van der Waals surface area contributed by atoms with Crippen LogP contribution in [-0.2, 0) is 11.3 Å². The molecule has 84 valence electrons. The van der Waals surface area contributed by atoms with Gasteiger partial charge in [0.15, 0.2) is 0 Å². The summed E-state index contributed by atoms with van der Waals surface area (Å²) < 4.78 is 2.10. The van der Waals surface area contributed by atoms with Crippen molar-refractivity contribution in [1.29, 1.82) is 0 Å². The highest BCUT2D eigenvalue weighted by atomic mass is 16.2. The van der Waals surface area contributed by atoms with Crippen LogP contribution in [0.3, 0.4) is 0 Å². The molecule has 0 atom stereocenters. The van der Waals surface area contributed by atoms with Gasteiger partial charge in [0.1, 0.15) is 0 Å². The second kappa shape index (κ2) is 4.89. The monoisotopic (exact) mass is 216 g/mol. The summed E-state index contributed by atoms with van der Waals surface area (Å²) in [6, 6.07) is 4.08. The van der Waals surface area contributed by atoms with Crippen molar-refractivity contribution in [2.75, 3.05) is 13.1 Å². The SMILES string of the molecule is Cc1cccn1CC#CCN1CCCC1=O. The zero-order chi connectivity index (χ0) is 11.4. The molecule has 1 amide bonds. The maximum atomic E-state index is 11.3. The molecule has 1 aliphatic heterocycles. The van der Waals surface area contributed by atoms with Crippen LogP contribution in [0.1, 0.15) is 18.5 Å². The zero-order valence-electron chi connectivity index (χ0n) is 9.57. The first kappa shape index (κ1) is 10.8. The van der Waals surface area contributed by atoms with Gasteiger partial charge in [0.2, 0.25) is 5.91 Å². The van der Waals surface area contributed by atoms with Crippen molar-refractivity contribution in [2.24, 2.45) is 0 Å². The standard InChI is InChI=1S/C13H16N2O/c1-12-6-4-10-14(12)8-2-3-9-15-11-5-7-13(15)16/h4,6,10H,5,7-9,11H2,1H3. The Kier molecular flexibility index (Phi) is 3.31. The van der Waals surface area contributed by atoms with E-state index in [1.54, 1.807) is 0 Å². The Balaban J connectivity index is 1.82. The maximum Gasteiger partial charge on any atom is 0.223 e. The van der Waals surface area contributed by atoms with E-state index in [1.807, 2.05) is 17.2 Å². The highest BCUT2D eigenvalue weighted by Gasteiger charge is 2.18. The number of likely N-dealkylation sites (tertiary alicyclic amines) is 1. The van der Waals surface area contributed by atoms with Crippen LogP contribution in [0.25, 0.3) is 0 Å². The number of carbonyl (C=O) groups excluding carboxylic acids is 1. The summed E-state index contributed by atoms with van der Waals surface area (Å²) in [4.78, 5) is 13.1. The number of hydrogen-bond donors (Lipinski definition) is 0. The molecule has 3 nitrogen and oxygen atoms in total. The lowest BCUT2D eigenvalue weighted by Gasteiger charge is -2.10. The largest absolute Gasteiger partial charge is 0.340 e. The molecule has 0 spiro atoms. The van der Waals surface area contributed by atoms with Gasteiger partial charge in [0.25, 0.3) is 0 Å². The van der Waals surface area contributed by atoms with Crippen molar-refractivity contribution < 1.29 is 4.79 Å². The predicted octanol–water partition coefficient (Wildman–Crippen LogP) is 1.42. The number of carbonyl (C=O) groups is 1. The molecular formula is C13H16N2O. The second-order valence-corrected chi connectivity index (χ2v) is 4.05. The molecule has 0 N–H and O–H groups in total. The van der Waals surface area contributed by atoms with Gasteiger partial charge in [0.05, 0.1) is 13.1 Å². The third kappa shape index (κ3) is 2.46. The molecule has 0 saturated carbocycles. The summed E-state index contributed by atoms with van der Waals surface area (Å²) in [6.07, 6.45) is 3.70. The van der Waals surface area contributed by atoms with Crippen LogP contribution in [0.5, 0.6) is 0 Å². The Morgan fingerprint density at radius 1 is 1.38 bits per heavy atom. The third-order valence-electron chi connectivity index (χ3n) is 2.87. The number of rotatable bonds is 2.